The van der Waals surface area contributed by atoms with Gasteiger partial charge in [0.25, 0.3) is 0 Å². The van der Waals surface area contributed by atoms with Gasteiger partial charge in [0.2, 0.25) is 0 Å². The summed E-state index contributed by atoms with van der Waals surface area (Å²) in [6.07, 6.45) is 10.4. The Kier molecular flexibility index (Phi) is 7.02. The third-order valence-electron chi connectivity index (χ3n) is 6.46. The second-order valence-electron chi connectivity index (χ2n) is 9.22. The van der Waals surface area contributed by atoms with Gasteiger partial charge >= 0.3 is 5.97 Å². The molecule has 0 bridgehead atoms. The van der Waals surface area contributed by atoms with E-state index in [9.17, 15) is 4.79 Å². The summed E-state index contributed by atoms with van der Waals surface area (Å²) in [6.45, 7) is 8.02. The van der Waals surface area contributed by atoms with Crippen molar-refractivity contribution >= 4 is 17.7 Å². The molecule has 0 aliphatic carbocycles. The predicted molar refractivity (Wildman–Crippen MR) is 127 cm³/mol. The van der Waals surface area contributed by atoms with Crippen LogP contribution in [0.2, 0.25) is 0 Å². The van der Waals surface area contributed by atoms with E-state index in [-0.39, 0.29) is 5.41 Å². The molecule has 0 fully saturated rings. The first-order valence-corrected chi connectivity index (χ1v) is 11.2. The number of benzene rings is 2. The van der Waals surface area contributed by atoms with Crippen LogP contribution in [0.15, 0.2) is 48.5 Å². The molecule has 160 valence electrons. The number of rotatable bonds is 8. The van der Waals surface area contributed by atoms with E-state index in [1.54, 1.807) is 12.1 Å². The maximum atomic E-state index is 11.1. The number of hydrogen-bond donors (Lipinski definition) is 1. The van der Waals surface area contributed by atoms with Crippen LogP contribution in [0.25, 0.3) is 6.08 Å². The first kappa shape index (κ1) is 22.1. The topological polar surface area (TPSA) is 40.5 Å². The molecule has 0 aromatic heterocycles. The van der Waals surface area contributed by atoms with Gasteiger partial charge in [0.05, 0.1) is 5.56 Å². The van der Waals surface area contributed by atoms with E-state index in [1.165, 1.54) is 42.5 Å². The number of unbranched alkanes of at least 4 members (excludes halogenated alkanes) is 2. The second-order valence-corrected chi connectivity index (χ2v) is 9.22. The number of carboxylic acids is 1. The highest BCUT2D eigenvalue weighted by Gasteiger charge is 2.30. The van der Waals surface area contributed by atoms with Gasteiger partial charge in [-0.05, 0) is 53.1 Å². The second kappa shape index (κ2) is 9.51. The van der Waals surface area contributed by atoms with Gasteiger partial charge in [0.15, 0.2) is 0 Å². The number of allylic oxidation sites excluding steroid dienone is 1. The highest BCUT2D eigenvalue weighted by molar-refractivity contribution is 5.87. The van der Waals surface area contributed by atoms with E-state index < -0.39 is 5.97 Å². The third-order valence-corrected chi connectivity index (χ3v) is 6.46. The minimum absolute atomic E-state index is 0.222. The highest BCUT2D eigenvalue weighted by atomic mass is 16.4. The Bertz CT molecular complexity index is 896. The van der Waals surface area contributed by atoms with Gasteiger partial charge < -0.3 is 10.0 Å². The molecule has 0 amide bonds. The number of carbonyl (C=O) groups is 1. The lowest BCUT2D eigenvalue weighted by Gasteiger charge is -2.39. The van der Waals surface area contributed by atoms with Gasteiger partial charge in [0.1, 0.15) is 0 Å². The Balaban J connectivity index is 1.88. The van der Waals surface area contributed by atoms with Crippen molar-refractivity contribution in [1.82, 2.24) is 0 Å². The zero-order chi connectivity index (χ0) is 21.7. The zero-order valence-corrected chi connectivity index (χ0v) is 18.8. The Morgan fingerprint density at radius 3 is 2.57 bits per heavy atom. The fraction of sp³-hybridized carbons (Fsp3) is 0.444. The molecule has 0 saturated carbocycles. The van der Waals surface area contributed by atoms with Crippen LogP contribution in [-0.2, 0) is 5.41 Å². The minimum atomic E-state index is -0.885. The van der Waals surface area contributed by atoms with Crippen LogP contribution >= 0.6 is 0 Å². The van der Waals surface area contributed by atoms with Crippen molar-refractivity contribution in [3.63, 3.8) is 0 Å². The molecular weight excluding hydrogens is 370 g/mol. The lowest BCUT2D eigenvalue weighted by atomic mass is 9.76. The van der Waals surface area contributed by atoms with Gasteiger partial charge in [-0.25, -0.2) is 4.79 Å². The molecule has 1 aliphatic heterocycles. The molecule has 3 nitrogen and oxygen atoms in total. The van der Waals surface area contributed by atoms with E-state index in [1.807, 2.05) is 12.1 Å². The lowest BCUT2D eigenvalue weighted by Crippen LogP contribution is -2.34. The van der Waals surface area contributed by atoms with Crippen LogP contribution in [0.4, 0.5) is 5.69 Å². The van der Waals surface area contributed by atoms with Crippen molar-refractivity contribution in [2.24, 2.45) is 0 Å². The summed E-state index contributed by atoms with van der Waals surface area (Å²) in [5.41, 5.74) is 5.76. The van der Waals surface area contributed by atoms with Crippen LogP contribution in [0.3, 0.4) is 0 Å². The largest absolute Gasteiger partial charge is 0.478 e. The predicted octanol–water partition coefficient (Wildman–Crippen LogP) is 6.88. The number of carboxylic acid groups (broad SMARTS) is 1. The van der Waals surface area contributed by atoms with E-state index in [0.717, 1.165) is 18.5 Å². The quantitative estimate of drug-likeness (QED) is 0.487. The summed E-state index contributed by atoms with van der Waals surface area (Å²) >= 11 is 0. The van der Waals surface area contributed by atoms with Crippen LogP contribution < -0.4 is 4.90 Å². The van der Waals surface area contributed by atoms with Crippen molar-refractivity contribution in [2.75, 3.05) is 18.5 Å². The minimum Gasteiger partial charge on any atom is -0.478 e. The molecule has 1 N–H and O–H groups in total. The van der Waals surface area contributed by atoms with Crippen LogP contribution in [0.5, 0.6) is 0 Å². The Morgan fingerprint density at radius 1 is 1.17 bits per heavy atom. The fourth-order valence-electron chi connectivity index (χ4n) is 4.32. The van der Waals surface area contributed by atoms with E-state index >= 15 is 0 Å². The van der Waals surface area contributed by atoms with Gasteiger partial charge in [0, 0.05) is 25.2 Å². The molecule has 0 saturated heterocycles. The van der Waals surface area contributed by atoms with Crippen LogP contribution in [0, 0.1) is 0 Å². The lowest BCUT2D eigenvalue weighted by molar-refractivity contribution is 0.0697. The fourth-order valence-corrected chi connectivity index (χ4v) is 4.32. The first-order valence-electron chi connectivity index (χ1n) is 11.2. The average Bonchev–Trinajstić information content (AvgIpc) is 2.73. The van der Waals surface area contributed by atoms with Crippen molar-refractivity contribution in [3.05, 3.63) is 70.8 Å². The summed E-state index contributed by atoms with van der Waals surface area (Å²) in [5, 5.41) is 9.10. The van der Waals surface area contributed by atoms with Gasteiger partial charge in [-0.15, -0.1) is 0 Å². The first-order chi connectivity index (χ1) is 14.3. The molecule has 2 aromatic rings. The summed E-state index contributed by atoms with van der Waals surface area (Å²) in [7, 11) is 2.20. The molecule has 1 heterocycles. The van der Waals surface area contributed by atoms with Gasteiger partial charge in [-0.3, -0.25) is 0 Å². The van der Waals surface area contributed by atoms with Crippen LogP contribution in [0.1, 0.15) is 85.8 Å². The standard InChI is InChI=1S/C27H35NO2/c1-5-6-7-8-21(12-9-20-10-13-22(14-11-20)26(29)30)23-15-16-24-25(19-23)28(4)18-17-27(24,2)3/h9-16,19,21H,5-8,17-18H2,1-4H3,(H,29,30)/b12-9+. The molecule has 30 heavy (non-hydrogen) atoms. The molecule has 2 aromatic carbocycles. The number of aromatic carboxylic acids is 1. The molecule has 3 heteroatoms. The summed E-state index contributed by atoms with van der Waals surface area (Å²) < 4.78 is 0. The molecular formula is C27H35NO2. The summed E-state index contributed by atoms with van der Waals surface area (Å²) in [5.74, 6) is -0.525. The third kappa shape index (κ3) is 5.13. The average molecular weight is 406 g/mol. The molecule has 0 radical (unpaired) electrons. The van der Waals surface area contributed by atoms with Crippen molar-refractivity contribution in [2.45, 2.75) is 64.2 Å². The van der Waals surface area contributed by atoms with E-state index in [2.05, 4.69) is 63.1 Å². The smallest absolute Gasteiger partial charge is 0.335 e. The normalized spacial score (nSPS) is 16.5. The molecule has 1 unspecified atom stereocenters. The zero-order valence-electron chi connectivity index (χ0n) is 18.8. The van der Waals surface area contributed by atoms with Crippen molar-refractivity contribution in [3.8, 4) is 0 Å². The molecule has 1 aliphatic rings. The highest BCUT2D eigenvalue weighted by Crippen LogP contribution is 2.41. The maximum absolute atomic E-state index is 11.1. The summed E-state index contributed by atoms with van der Waals surface area (Å²) in [4.78, 5) is 13.5. The number of nitrogens with zero attached hydrogens (tertiary/aromatic N) is 1. The molecule has 0 spiro atoms. The van der Waals surface area contributed by atoms with E-state index in [4.69, 9.17) is 5.11 Å². The number of fused-ring (bicyclic) bond motifs is 1. The number of hydrogen-bond acceptors (Lipinski definition) is 2. The number of anilines is 1. The van der Waals surface area contributed by atoms with Crippen LogP contribution in [-0.4, -0.2) is 24.7 Å². The Hall–Kier alpha value is -2.55. The van der Waals surface area contributed by atoms with Gasteiger partial charge in [-0.2, -0.15) is 0 Å². The van der Waals surface area contributed by atoms with Crippen molar-refractivity contribution in [1.29, 1.82) is 0 Å². The molecule has 1 atom stereocenters. The van der Waals surface area contributed by atoms with Crippen molar-refractivity contribution < 1.29 is 9.90 Å². The Morgan fingerprint density at radius 2 is 1.90 bits per heavy atom. The maximum Gasteiger partial charge on any atom is 0.335 e. The van der Waals surface area contributed by atoms with Gasteiger partial charge in [-0.1, -0.05) is 76.5 Å². The van der Waals surface area contributed by atoms with E-state index in [0.29, 0.717) is 11.5 Å². The Labute approximate surface area is 181 Å². The molecule has 3 rings (SSSR count). The SMILES string of the molecule is CCCCCC(/C=C/c1ccc(C(=O)O)cc1)c1ccc2c(c1)N(C)CCC2(C)C. The monoisotopic (exact) mass is 405 g/mol. The summed E-state index contributed by atoms with van der Waals surface area (Å²) in [6, 6.07) is 14.1.